The molecule has 14 heavy (non-hydrogen) atoms. The third-order valence-electron chi connectivity index (χ3n) is 2.54. The summed E-state index contributed by atoms with van der Waals surface area (Å²) < 4.78 is 0. The fourth-order valence-corrected chi connectivity index (χ4v) is 1.84. The van der Waals surface area contributed by atoms with E-state index in [-0.39, 0.29) is 12.0 Å². The number of hydrogen-bond donors (Lipinski definition) is 2. The van der Waals surface area contributed by atoms with Gasteiger partial charge in [0, 0.05) is 6.54 Å². The normalized spacial score (nSPS) is 26.1. The molecule has 0 aromatic rings. The second-order valence-electron chi connectivity index (χ2n) is 3.77. The summed E-state index contributed by atoms with van der Waals surface area (Å²) in [6.07, 6.45) is 3.68. The van der Waals surface area contributed by atoms with Crippen LogP contribution in [-0.2, 0) is 4.79 Å². The topological polar surface area (TPSA) is 49.3 Å². The molecule has 3 nitrogen and oxygen atoms in total. The van der Waals surface area contributed by atoms with Gasteiger partial charge >= 0.3 is 0 Å². The molecule has 1 amide bonds. The van der Waals surface area contributed by atoms with E-state index in [9.17, 15) is 9.90 Å². The Bertz CT molecular complexity index is 252. The molecule has 1 saturated carbocycles. The van der Waals surface area contributed by atoms with Crippen LogP contribution in [-0.4, -0.2) is 23.7 Å². The molecule has 0 aromatic carbocycles. The lowest BCUT2D eigenvalue weighted by Gasteiger charge is -2.25. The van der Waals surface area contributed by atoms with Crippen molar-refractivity contribution in [3.8, 4) is 11.8 Å². The van der Waals surface area contributed by atoms with Crippen LogP contribution in [0.4, 0.5) is 0 Å². The van der Waals surface area contributed by atoms with Crippen LogP contribution in [0.1, 0.15) is 32.6 Å². The molecule has 1 fully saturated rings. The third-order valence-corrected chi connectivity index (χ3v) is 2.54. The second kappa shape index (κ2) is 5.66. The van der Waals surface area contributed by atoms with Crippen molar-refractivity contribution in [2.75, 3.05) is 6.54 Å². The zero-order valence-corrected chi connectivity index (χ0v) is 8.55. The van der Waals surface area contributed by atoms with Crippen molar-refractivity contribution in [3.63, 3.8) is 0 Å². The van der Waals surface area contributed by atoms with Crippen molar-refractivity contribution < 1.29 is 9.90 Å². The zero-order chi connectivity index (χ0) is 10.4. The van der Waals surface area contributed by atoms with Crippen molar-refractivity contribution in [2.45, 2.75) is 38.7 Å². The lowest BCUT2D eigenvalue weighted by atomic mass is 9.87. The Hall–Kier alpha value is -1.01. The van der Waals surface area contributed by atoms with E-state index < -0.39 is 0 Å². The summed E-state index contributed by atoms with van der Waals surface area (Å²) in [5.74, 6) is 5.19. The molecule has 2 N–H and O–H groups in total. The Labute approximate surface area is 84.9 Å². The molecule has 1 aliphatic rings. The minimum atomic E-state index is -0.215. The lowest BCUT2D eigenvalue weighted by Crippen LogP contribution is -2.32. The van der Waals surface area contributed by atoms with E-state index in [0.29, 0.717) is 12.5 Å². The minimum absolute atomic E-state index is 0.178. The summed E-state index contributed by atoms with van der Waals surface area (Å²) in [6, 6.07) is 0. The molecule has 1 rings (SSSR count). The van der Waals surface area contributed by atoms with Crippen LogP contribution < -0.4 is 5.32 Å². The highest BCUT2D eigenvalue weighted by atomic mass is 16.3. The first-order chi connectivity index (χ1) is 6.72. The predicted molar refractivity (Wildman–Crippen MR) is 54.4 cm³/mol. The van der Waals surface area contributed by atoms with Gasteiger partial charge in [-0.1, -0.05) is 12.3 Å². The number of rotatable bonds is 2. The van der Waals surface area contributed by atoms with Gasteiger partial charge in [0.05, 0.1) is 6.10 Å². The van der Waals surface area contributed by atoms with Gasteiger partial charge in [-0.2, -0.15) is 0 Å². The number of nitrogens with one attached hydrogen (secondary N) is 1. The summed E-state index contributed by atoms with van der Waals surface area (Å²) in [5.41, 5.74) is 0. The van der Waals surface area contributed by atoms with Crippen LogP contribution in [0.25, 0.3) is 0 Å². The van der Waals surface area contributed by atoms with Gasteiger partial charge in [0.2, 0.25) is 0 Å². The van der Waals surface area contributed by atoms with Crippen molar-refractivity contribution in [3.05, 3.63) is 0 Å². The fourth-order valence-electron chi connectivity index (χ4n) is 1.84. The molecule has 0 heterocycles. The predicted octanol–water partition coefficient (Wildman–Crippen LogP) is 0.677. The molecule has 2 atom stereocenters. The molecular formula is C11H17NO2. The number of carbonyl (C=O) groups is 1. The summed E-state index contributed by atoms with van der Waals surface area (Å²) in [4.78, 5) is 11.0. The van der Waals surface area contributed by atoms with E-state index in [1.165, 1.54) is 0 Å². The molecule has 0 aromatic heterocycles. The fraction of sp³-hybridized carbons (Fsp3) is 0.727. The number of amides is 1. The van der Waals surface area contributed by atoms with Gasteiger partial charge < -0.3 is 10.4 Å². The van der Waals surface area contributed by atoms with Crippen LogP contribution in [0.2, 0.25) is 0 Å². The molecule has 0 saturated heterocycles. The molecule has 2 unspecified atom stereocenters. The molecule has 0 radical (unpaired) electrons. The molecular weight excluding hydrogens is 178 g/mol. The second-order valence-corrected chi connectivity index (χ2v) is 3.77. The first-order valence-electron chi connectivity index (χ1n) is 5.11. The quantitative estimate of drug-likeness (QED) is 0.636. The van der Waals surface area contributed by atoms with E-state index in [0.717, 1.165) is 25.7 Å². The first-order valence-corrected chi connectivity index (χ1v) is 5.11. The Morgan fingerprint density at radius 1 is 1.57 bits per heavy atom. The minimum Gasteiger partial charge on any atom is -0.393 e. The van der Waals surface area contributed by atoms with Crippen LogP contribution in [0, 0.1) is 17.8 Å². The van der Waals surface area contributed by atoms with Crippen molar-refractivity contribution in [1.29, 1.82) is 0 Å². The van der Waals surface area contributed by atoms with Crippen LogP contribution in [0.3, 0.4) is 0 Å². The lowest BCUT2D eigenvalue weighted by molar-refractivity contribution is -0.116. The number of aliphatic hydroxyl groups is 1. The Kier molecular flexibility index (Phi) is 4.48. The molecule has 0 bridgehead atoms. The summed E-state index contributed by atoms with van der Waals surface area (Å²) in [5, 5.41) is 12.2. The molecule has 1 aliphatic carbocycles. The van der Waals surface area contributed by atoms with Crippen molar-refractivity contribution in [1.82, 2.24) is 5.32 Å². The largest absolute Gasteiger partial charge is 0.393 e. The number of aliphatic hydroxyl groups excluding tert-OH is 1. The summed E-state index contributed by atoms with van der Waals surface area (Å²) >= 11 is 0. The van der Waals surface area contributed by atoms with Crippen molar-refractivity contribution in [2.24, 2.45) is 5.92 Å². The average Bonchev–Trinajstić information content (AvgIpc) is 2.15. The van der Waals surface area contributed by atoms with Gasteiger partial charge in [-0.25, -0.2) is 0 Å². The Morgan fingerprint density at radius 2 is 2.36 bits per heavy atom. The van der Waals surface area contributed by atoms with E-state index in [1.54, 1.807) is 6.92 Å². The van der Waals surface area contributed by atoms with E-state index >= 15 is 0 Å². The van der Waals surface area contributed by atoms with Gasteiger partial charge in [-0.15, -0.1) is 0 Å². The van der Waals surface area contributed by atoms with Crippen molar-refractivity contribution >= 4 is 5.91 Å². The maximum Gasteiger partial charge on any atom is 0.295 e. The third kappa shape index (κ3) is 3.80. The van der Waals surface area contributed by atoms with Gasteiger partial charge in [0.15, 0.2) is 0 Å². The van der Waals surface area contributed by atoms with Gasteiger partial charge in [-0.05, 0) is 38.0 Å². The molecule has 0 aliphatic heterocycles. The zero-order valence-electron chi connectivity index (χ0n) is 8.55. The molecule has 3 heteroatoms. The summed E-state index contributed by atoms with van der Waals surface area (Å²) in [6.45, 7) is 2.29. The molecule has 0 spiro atoms. The highest BCUT2D eigenvalue weighted by molar-refractivity contribution is 5.93. The standard InChI is InChI=1S/C11H17NO2/c1-2-4-11(14)12-8-9-5-3-6-10(13)7-9/h9-10,13H,3,5-8H2,1H3,(H,12,14). The number of hydrogen-bond acceptors (Lipinski definition) is 2. The van der Waals surface area contributed by atoms with Crippen LogP contribution in [0.15, 0.2) is 0 Å². The van der Waals surface area contributed by atoms with Gasteiger partial charge in [0.1, 0.15) is 0 Å². The van der Waals surface area contributed by atoms with Crippen LogP contribution in [0.5, 0.6) is 0 Å². The molecule has 78 valence electrons. The SMILES string of the molecule is CC#CC(=O)NCC1CCCC(O)C1. The van der Waals surface area contributed by atoms with E-state index in [2.05, 4.69) is 17.2 Å². The maximum absolute atomic E-state index is 11.0. The Balaban J connectivity index is 2.22. The van der Waals surface area contributed by atoms with Gasteiger partial charge in [0.25, 0.3) is 5.91 Å². The summed E-state index contributed by atoms with van der Waals surface area (Å²) in [7, 11) is 0. The Morgan fingerprint density at radius 3 is 3.00 bits per heavy atom. The van der Waals surface area contributed by atoms with E-state index in [4.69, 9.17) is 0 Å². The smallest absolute Gasteiger partial charge is 0.295 e. The average molecular weight is 195 g/mol. The van der Waals surface area contributed by atoms with Crippen LogP contribution >= 0.6 is 0 Å². The highest BCUT2D eigenvalue weighted by Gasteiger charge is 2.19. The monoisotopic (exact) mass is 195 g/mol. The van der Waals surface area contributed by atoms with E-state index in [1.807, 2.05) is 0 Å². The highest BCUT2D eigenvalue weighted by Crippen LogP contribution is 2.23. The first kappa shape index (κ1) is 11.1. The maximum atomic E-state index is 11.0. The number of carbonyl (C=O) groups excluding carboxylic acids is 1. The van der Waals surface area contributed by atoms with Gasteiger partial charge in [-0.3, -0.25) is 4.79 Å².